The zero-order valence-corrected chi connectivity index (χ0v) is 43.5. The molecule has 0 aromatic heterocycles. The van der Waals surface area contributed by atoms with Crippen molar-refractivity contribution < 1.29 is 76.9 Å². The number of hydrogen-bond donors (Lipinski definition) is 7. The van der Waals surface area contributed by atoms with E-state index < -0.39 is 84.5 Å². The number of phosphoric acid groups is 2. The van der Waals surface area contributed by atoms with Crippen LogP contribution in [-0.4, -0.2) is 104 Å². The van der Waals surface area contributed by atoms with Gasteiger partial charge in [-0.3, -0.25) is 23.2 Å². The summed E-state index contributed by atoms with van der Waals surface area (Å²) in [6, 6.07) is 0. The van der Waals surface area contributed by atoms with Crippen LogP contribution in [0.3, 0.4) is 0 Å². The van der Waals surface area contributed by atoms with Gasteiger partial charge >= 0.3 is 27.6 Å². The predicted octanol–water partition coefficient (Wildman–Crippen LogP) is 10.6. The molecule has 0 aromatic carbocycles. The number of phosphoric ester groups is 2. The molecule has 16 nitrogen and oxygen atoms in total. The number of rotatable bonds is 47. The Labute approximate surface area is 408 Å². The topological polar surface area (TPSA) is 256 Å². The van der Waals surface area contributed by atoms with Gasteiger partial charge in [-0.05, 0) is 31.6 Å². The van der Waals surface area contributed by atoms with Gasteiger partial charge in [0.25, 0.3) is 0 Å². The highest BCUT2D eigenvalue weighted by atomic mass is 31.2. The smallest absolute Gasteiger partial charge is 0.462 e. The Morgan fingerprint density at radius 1 is 0.500 bits per heavy atom. The highest BCUT2D eigenvalue weighted by molar-refractivity contribution is 7.47. The van der Waals surface area contributed by atoms with Crippen LogP contribution in [-0.2, 0) is 41.8 Å². The number of unbranched alkanes of at least 4 members (excludes halogenated alkanes) is 19. The van der Waals surface area contributed by atoms with E-state index in [2.05, 4.69) is 29.8 Å². The fraction of sp³-hybridized carbons (Fsp3) is 0.800. The molecule has 0 saturated carbocycles. The molecule has 0 amide bonds. The first-order valence-corrected chi connectivity index (χ1v) is 28.5. The zero-order chi connectivity index (χ0) is 50.7. The normalized spacial score (nSPS) is 15.7. The van der Waals surface area contributed by atoms with E-state index in [1.807, 2.05) is 0 Å². The highest BCUT2D eigenvalue weighted by Crippen LogP contribution is 2.44. The molecule has 7 N–H and O–H groups in total. The second-order valence-electron chi connectivity index (χ2n) is 18.1. The van der Waals surface area contributed by atoms with Crippen molar-refractivity contribution in [2.45, 2.75) is 225 Å². The van der Waals surface area contributed by atoms with Crippen molar-refractivity contribution in [1.82, 2.24) is 0 Å². The zero-order valence-electron chi connectivity index (χ0n) is 41.7. The van der Waals surface area contributed by atoms with Crippen molar-refractivity contribution in [3.05, 3.63) is 48.6 Å². The summed E-state index contributed by atoms with van der Waals surface area (Å²) < 4.78 is 47.7. The van der Waals surface area contributed by atoms with Crippen molar-refractivity contribution in [2.24, 2.45) is 5.92 Å². The van der Waals surface area contributed by atoms with Gasteiger partial charge in [0.05, 0.1) is 38.1 Å². The van der Waals surface area contributed by atoms with Crippen LogP contribution in [0.1, 0.15) is 194 Å². The first-order chi connectivity index (χ1) is 32.4. The summed E-state index contributed by atoms with van der Waals surface area (Å²) in [6.45, 7) is 3.64. The molecule has 0 fully saturated rings. The fourth-order valence-electron chi connectivity index (χ4n) is 6.98. The van der Waals surface area contributed by atoms with E-state index in [-0.39, 0.29) is 25.7 Å². The molecule has 0 aliphatic heterocycles. The van der Waals surface area contributed by atoms with Crippen LogP contribution in [0.2, 0.25) is 0 Å². The second kappa shape index (κ2) is 43.7. The summed E-state index contributed by atoms with van der Waals surface area (Å²) in [5, 5.41) is 40.4. The molecular weight excluding hydrogens is 918 g/mol. The summed E-state index contributed by atoms with van der Waals surface area (Å²) in [7, 11) is -9.82. The SMILES string of the molecule is CCCCC[C@H](O)/C=C/C=C\C=C\C=C\[C@H](O)[C@@H](O)CCCC(=O)O[C@H](COC(=O)CCCCCCCCCCCCCCCCCCCCC(C)C)COP(=O)(O)OC[C@@H](O)COP(=O)(O)O. The molecule has 0 spiro atoms. The first kappa shape index (κ1) is 66.0. The third-order valence-corrected chi connectivity index (χ3v) is 12.4. The maximum atomic E-state index is 12.7. The number of aliphatic hydroxyl groups is 4. The van der Waals surface area contributed by atoms with Crippen LogP contribution >= 0.6 is 15.6 Å². The average molecular weight is 1010 g/mol. The Hall–Kier alpha value is -2.04. The molecule has 18 heteroatoms. The molecule has 0 bridgehead atoms. The maximum Gasteiger partial charge on any atom is 0.472 e. The Morgan fingerprint density at radius 3 is 1.49 bits per heavy atom. The Kier molecular flexibility index (Phi) is 42.4. The molecular formula is C50H92O16P2. The van der Waals surface area contributed by atoms with Gasteiger partial charge in [-0.25, -0.2) is 9.13 Å². The summed E-state index contributed by atoms with van der Waals surface area (Å²) >= 11 is 0. The monoisotopic (exact) mass is 1010 g/mol. The van der Waals surface area contributed by atoms with Gasteiger partial charge in [-0.1, -0.05) is 204 Å². The quantitative estimate of drug-likeness (QED) is 0.0129. The Balaban J connectivity index is 4.66. The molecule has 0 aliphatic carbocycles. The number of esters is 2. The number of hydrogen-bond acceptors (Lipinski definition) is 13. The molecule has 0 heterocycles. The number of carbonyl (C=O) groups excluding carboxylic acids is 2. The van der Waals surface area contributed by atoms with Crippen LogP contribution in [0.4, 0.5) is 0 Å². The number of aliphatic hydroxyl groups excluding tert-OH is 4. The van der Waals surface area contributed by atoms with E-state index >= 15 is 0 Å². The summed E-state index contributed by atoms with van der Waals surface area (Å²) in [4.78, 5) is 53.0. The van der Waals surface area contributed by atoms with Crippen LogP contribution in [0.5, 0.6) is 0 Å². The number of allylic oxidation sites excluding steroid dienone is 6. The van der Waals surface area contributed by atoms with Crippen molar-refractivity contribution in [1.29, 1.82) is 0 Å². The third kappa shape index (κ3) is 46.3. The van der Waals surface area contributed by atoms with Crippen LogP contribution in [0.25, 0.3) is 0 Å². The first-order valence-electron chi connectivity index (χ1n) is 25.5. The van der Waals surface area contributed by atoms with Crippen LogP contribution in [0, 0.1) is 5.92 Å². The largest absolute Gasteiger partial charge is 0.472 e. The highest BCUT2D eigenvalue weighted by Gasteiger charge is 2.28. The Bertz CT molecular complexity index is 1450. The second-order valence-corrected chi connectivity index (χ2v) is 20.8. The van der Waals surface area contributed by atoms with E-state index in [1.165, 1.54) is 96.0 Å². The van der Waals surface area contributed by atoms with Gasteiger partial charge in [0.1, 0.15) is 12.7 Å². The van der Waals surface area contributed by atoms with Crippen LogP contribution < -0.4 is 0 Å². The lowest BCUT2D eigenvalue weighted by Crippen LogP contribution is -2.30. The fourth-order valence-corrected chi connectivity index (χ4v) is 8.13. The van der Waals surface area contributed by atoms with E-state index in [0.29, 0.717) is 6.42 Å². The van der Waals surface area contributed by atoms with Crippen LogP contribution in [0.15, 0.2) is 48.6 Å². The van der Waals surface area contributed by atoms with Crippen molar-refractivity contribution >= 4 is 27.6 Å². The van der Waals surface area contributed by atoms with Gasteiger partial charge < -0.3 is 44.6 Å². The summed E-state index contributed by atoms with van der Waals surface area (Å²) in [6.07, 6.45) is 34.6. The molecule has 0 radical (unpaired) electrons. The number of ether oxygens (including phenoxy) is 2. The molecule has 0 saturated heterocycles. The van der Waals surface area contributed by atoms with Gasteiger partial charge in [-0.2, -0.15) is 0 Å². The van der Waals surface area contributed by atoms with Gasteiger partial charge in [0.2, 0.25) is 0 Å². The molecule has 0 aromatic rings. The molecule has 0 rings (SSSR count). The van der Waals surface area contributed by atoms with Crippen molar-refractivity contribution in [3.8, 4) is 0 Å². The lowest BCUT2D eigenvalue weighted by Gasteiger charge is -2.21. The van der Waals surface area contributed by atoms with Gasteiger partial charge in [0, 0.05) is 12.8 Å². The average Bonchev–Trinajstić information content (AvgIpc) is 3.28. The van der Waals surface area contributed by atoms with Gasteiger partial charge in [0.15, 0.2) is 6.10 Å². The Morgan fingerprint density at radius 2 is 0.956 bits per heavy atom. The van der Waals surface area contributed by atoms with Gasteiger partial charge in [-0.15, -0.1) is 0 Å². The minimum atomic E-state index is -4.91. The molecule has 68 heavy (non-hydrogen) atoms. The lowest BCUT2D eigenvalue weighted by atomic mass is 10.0. The molecule has 6 atom stereocenters. The van der Waals surface area contributed by atoms with Crippen molar-refractivity contribution in [3.63, 3.8) is 0 Å². The minimum Gasteiger partial charge on any atom is -0.462 e. The van der Waals surface area contributed by atoms with E-state index in [0.717, 1.165) is 57.3 Å². The standard InChI is InChI=1S/C50H92O16P2/c1-4-5-26-33-44(51)34-28-23-20-21-24-29-35-47(53)48(54)36-31-38-50(56)66-46(42-65-68(60,61)64-40-45(52)39-63-67(57,58)59)41-62-49(55)37-30-25-19-17-15-13-11-9-7-6-8-10-12-14-16-18-22-27-32-43(2)3/h20-21,23-24,28-29,34-35,43-48,51-54H,4-19,22,25-27,30-33,36-42H2,1-3H3,(H,60,61)(H2,57,58,59)/b23-20-,24-21+,34-28+,35-29+/t44-,45-,46+,47-,48-/m0/s1. The minimum absolute atomic E-state index is 0.0264. The van der Waals surface area contributed by atoms with Crippen molar-refractivity contribution in [2.75, 3.05) is 26.4 Å². The molecule has 398 valence electrons. The van der Waals surface area contributed by atoms with E-state index in [4.69, 9.17) is 23.8 Å². The lowest BCUT2D eigenvalue weighted by molar-refractivity contribution is -0.161. The molecule has 1 unspecified atom stereocenters. The predicted molar refractivity (Wildman–Crippen MR) is 266 cm³/mol. The van der Waals surface area contributed by atoms with E-state index in [1.54, 1.807) is 42.5 Å². The maximum absolute atomic E-state index is 12.7. The van der Waals surface area contributed by atoms with E-state index in [9.17, 15) is 44.0 Å². The third-order valence-electron chi connectivity index (χ3n) is 11.0. The molecule has 0 aliphatic rings. The summed E-state index contributed by atoms with van der Waals surface area (Å²) in [5.74, 6) is -0.534. The summed E-state index contributed by atoms with van der Waals surface area (Å²) in [5.41, 5.74) is 0. The number of carbonyl (C=O) groups is 2.